The van der Waals surface area contributed by atoms with Gasteiger partial charge in [-0.25, -0.2) is 14.4 Å². The normalized spacial score (nSPS) is 11.3. The Morgan fingerprint density at radius 2 is 2.12 bits per heavy atom. The zero-order valence-corrected chi connectivity index (χ0v) is 10.8. The van der Waals surface area contributed by atoms with E-state index >= 15 is 0 Å². The molecule has 17 heavy (non-hydrogen) atoms. The average molecular weight is 250 g/mol. The zero-order chi connectivity index (χ0) is 12.3. The Labute approximate surface area is 105 Å². The molecule has 4 heteroatoms. The quantitative estimate of drug-likeness (QED) is 0.608. The maximum atomic E-state index is 13.2. The van der Waals surface area contributed by atoms with Crippen LogP contribution in [0.5, 0.6) is 0 Å². The number of halogens is 1. The van der Waals surface area contributed by atoms with Crippen molar-refractivity contribution in [2.45, 2.75) is 25.3 Å². The van der Waals surface area contributed by atoms with E-state index in [0.29, 0.717) is 5.92 Å². The smallest absolute Gasteiger partial charge is 0.124 e. The van der Waals surface area contributed by atoms with Crippen LogP contribution in [0.4, 0.5) is 4.39 Å². The third kappa shape index (κ3) is 3.16. The second kappa shape index (κ2) is 5.45. The molecule has 0 bridgehead atoms. The molecule has 2 nitrogen and oxygen atoms in total. The number of benzene rings is 1. The van der Waals surface area contributed by atoms with Gasteiger partial charge in [0.05, 0.1) is 5.52 Å². The number of hydrogen-bond acceptors (Lipinski definition) is 3. The third-order valence-electron chi connectivity index (χ3n) is 2.49. The molecule has 2 rings (SSSR count). The molecule has 0 radical (unpaired) electrons. The number of nitrogens with zero attached hydrogens (tertiary/aromatic N) is 2. The number of aromatic nitrogens is 2. The van der Waals surface area contributed by atoms with Crippen LogP contribution in [0.15, 0.2) is 29.6 Å². The van der Waals surface area contributed by atoms with E-state index in [9.17, 15) is 4.39 Å². The predicted molar refractivity (Wildman–Crippen MR) is 69.7 cm³/mol. The summed E-state index contributed by atoms with van der Waals surface area (Å²) in [7, 11) is 0. The summed E-state index contributed by atoms with van der Waals surface area (Å²) in [6.45, 7) is 4.39. The number of fused-ring (bicyclic) bond motifs is 1. The van der Waals surface area contributed by atoms with E-state index in [2.05, 4.69) is 23.8 Å². The molecule has 0 aliphatic rings. The van der Waals surface area contributed by atoms with Crippen LogP contribution in [0.1, 0.15) is 20.3 Å². The molecule has 0 amide bonds. The molecular weight excluding hydrogens is 235 g/mol. The summed E-state index contributed by atoms with van der Waals surface area (Å²) in [5.41, 5.74) is 0.799. The molecular formula is C13H15FN2S. The molecule has 1 heterocycles. The van der Waals surface area contributed by atoms with Crippen molar-refractivity contribution in [2.75, 3.05) is 5.75 Å². The summed E-state index contributed by atoms with van der Waals surface area (Å²) in [6.07, 6.45) is 2.67. The topological polar surface area (TPSA) is 25.8 Å². The van der Waals surface area contributed by atoms with Gasteiger partial charge in [-0.05, 0) is 36.3 Å². The largest absolute Gasteiger partial charge is 0.236 e. The van der Waals surface area contributed by atoms with Crippen molar-refractivity contribution in [3.63, 3.8) is 0 Å². The summed E-state index contributed by atoms with van der Waals surface area (Å²) in [5, 5.41) is 1.68. The van der Waals surface area contributed by atoms with E-state index in [-0.39, 0.29) is 5.82 Å². The van der Waals surface area contributed by atoms with Crippen molar-refractivity contribution in [3.05, 3.63) is 30.3 Å². The number of thioether (sulfide) groups is 1. The molecule has 0 spiro atoms. The lowest BCUT2D eigenvalue weighted by molar-refractivity contribution is 0.629. The van der Waals surface area contributed by atoms with Crippen molar-refractivity contribution < 1.29 is 4.39 Å². The SMILES string of the molecule is CC(C)CCSc1ncnc2ccc(F)cc12. The molecule has 0 unspecified atom stereocenters. The van der Waals surface area contributed by atoms with Crippen LogP contribution in [0, 0.1) is 11.7 Å². The molecule has 90 valence electrons. The highest BCUT2D eigenvalue weighted by atomic mass is 32.2. The Morgan fingerprint density at radius 1 is 1.29 bits per heavy atom. The fraction of sp³-hybridized carbons (Fsp3) is 0.385. The van der Waals surface area contributed by atoms with E-state index in [1.54, 1.807) is 17.8 Å². The molecule has 0 N–H and O–H groups in total. The summed E-state index contributed by atoms with van der Waals surface area (Å²) < 4.78 is 13.2. The van der Waals surface area contributed by atoms with Gasteiger partial charge in [0.25, 0.3) is 0 Å². The molecule has 0 fully saturated rings. The van der Waals surface area contributed by atoms with E-state index < -0.39 is 0 Å². The first-order valence-electron chi connectivity index (χ1n) is 5.70. The molecule has 0 saturated heterocycles. The van der Waals surface area contributed by atoms with Gasteiger partial charge in [0.1, 0.15) is 17.2 Å². The summed E-state index contributed by atoms with van der Waals surface area (Å²) >= 11 is 1.67. The zero-order valence-electron chi connectivity index (χ0n) is 9.98. The fourth-order valence-corrected chi connectivity index (χ4v) is 2.73. The van der Waals surface area contributed by atoms with E-state index in [1.165, 1.54) is 18.5 Å². The Bertz CT molecular complexity index is 514. The van der Waals surface area contributed by atoms with Crippen LogP contribution < -0.4 is 0 Å². The van der Waals surface area contributed by atoms with Crippen molar-refractivity contribution >= 4 is 22.7 Å². The summed E-state index contributed by atoms with van der Waals surface area (Å²) in [6, 6.07) is 4.63. The predicted octanol–water partition coefficient (Wildman–Crippen LogP) is 3.91. The van der Waals surface area contributed by atoms with Crippen molar-refractivity contribution in [3.8, 4) is 0 Å². The standard InChI is InChI=1S/C13H15FN2S/c1-9(2)5-6-17-13-11-7-10(14)3-4-12(11)15-8-16-13/h3-4,7-9H,5-6H2,1-2H3. The van der Waals surface area contributed by atoms with Gasteiger partial charge in [0.2, 0.25) is 0 Å². The highest BCUT2D eigenvalue weighted by Gasteiger charge is 2.06. The second-order valence-corrected chi connectivity index (χ2v) is 5.45. The lowest BCUT2D eigenvalue weighted by atomic mass is 10.2. The summed E-state index contributed by atoms with van der Waals surface area (Å²) in [4.78, 5) is 8.37. The first kappa shape index (κ1) is 12.3. The van der Waals surface area contributed by atoms with Gasteiger partial charge in [-0.1, -0.05) is 13.8 Å². The molecule has 0 aliphatic heterocycles. The average Bonchev–Trinajstić information content (AvgIpc) is 2.29. The first-order chi connectivity index (χ1) is 8.16. The van der Waals surface area contributed by atoms with Gasteiger partial charge in [-0.3, -0.25) is 0 Å². The van der Waals surface area contributed by atoms with Crippen molar-refractivity contribution in [1.29, 1.82) is 0 Å². The van der Waals surface area contributed by atoms with E-state index in [0.717, 1.165) is 28.1 Å². The maximum Gasteiger partial charge on any atom is 0.124 e. The minimum absolute atomic E-state index is 0.238. The number of hydrogen-bond donors (Lipinski definition) is 0. The van der Waals surface area contributed by atoms with Gasteiger partial charge in [0.15, 0.2) is 0 Å². The molecule has 0 aliphatic carbocycles. The molecule has 0 saturated carbocycles. The van der Waals surface area contributed by atoms with Crippen LogP contribution in [0.25, 0.3) is 10.9 Å². The Balaban J connectivity index is 2.24. The number of rotatable bonds is 4. The minimum atomic E-state index is -0.238. The maximum absolute atomic E-state index is 13.2. The highest BCUT2D eigenvalue weighted by molar-refractivity contribution is 7.99. The van der Waals surface area contributed by atoms with Gasteiger partial charge >= 0.3 is 0 Å². The van der Waals surface area contributed by atoms with E-state index in [4.69, 9.17) is 0 Å². The van der Waals surface area contributed by atoms with Crippen LogP contribution in [0.3, 0.4) is 0 Å². The van der Waals surface area contributed by atoms with Gasteiger partial charge < -0.3 is 0 Å². The molecule has 1 aromatic carbocycles. The molecule has 2 aromatic rings. The second-order valence-electron chi connectivity index (χ2n) is 4.37. The lowest BCUT2D eigenvalue weighted by Crippen LogP contribution is -1.92. The van der Waals surface area contributed by atoms with E-state index in [1.807, 2.05) is 0 Å². The minimum Gasteiger partial charge on any atom is -0.236 e. The summed E-state index contributed by atoms with van der Waals surface area (Å²) in [5.74, 6) is 1.44. The molecule has 0 atom stereocenters. The van der Waals surface area contributed by atoms with Gasteiger partial charge in [0, 0.05) is 5.39 Å². The van der Waals surface area contributed by atoms with Gasteiger partial charge in [-0.15, -0.1) is 11.8 Å². The first-order valence-corrected chi connectivity index (χ1v) is 6.68. The van der Waals surface area contributed by atoms with Crippen LogP contribution in [0.2, 0.25) is 0 Å². The van der Waals surface area contributed by atoms with Gasteiger partial charge in [-0.2, -0.15) is 0 Å². The molecule has 1 aromatic heterocycles. The van der Waals surface area contributed by atoms with Crippen LogP contribution >= 0.6 is 11.8 Å². The van der Waals surface area contributed by atoms with Crippen molar-refractivity contribution in [1.82, 2.24) is 9.97 Å². The Hall–Kier alpha value is -1.16. The Morgan fingerprint density at radius 3 is 2.88 bits per heavy atom. The third-order valence-corrected chi connectivity index (χ3v) is 3.53. The Kier molecular flexibility index (Phi) is 3.94. The fourth-order valence-electron chi connectivity index (χ4n) is 1.51. The highest BCUT2D eigenvalue weighted by Crippen LogP contribution is 2.26. The van der Waals surface area contributed by atoms with Crippen LogP contribution in [-0.4, -0.2) is 15.7 Å². The lowest BCUT2D eigenvalue weighted by Gasteiger charge is -2.06. The van der Waals surface area contributed by atoms with Crippen LogP contribution in [-0.2, 0) is 0 Å². The monoisotopic (exact) mass is 250 g/mol. The van der Waals surface area contributed by atoms with Crippen molar-refractivity contribution in [2.24, 2.45) is 5.92 Å².